The van der Waals surface area contributed by atoms with Crippen LogP contribution in [-0.2, 0) is 6.54 Å². The topological polar surface area (TPSA) is 54.2 Å². The Kier molecular flexibility index (Phi) is 8.00. The SMILES string of the molecule is CN(Cc1nnc(SCCCO)n1-c1cccc(Cl)c1)CC1CCCCC1. The summed E-state index contributed by atoms with van der Waals surface area (Å²) in [5, 5.41) is 19.5. The molecule has 27 heavy (non-hydrogen) atoms. The van der Waals surface area contributed by atoms with Gasteiger partial charge in [0.25, 0.3) is 0 Å². The maximum atomic E-state index is 9.07. The molecule has 1 saturated carbocycles. The van der Waals surface area contributed by atoms with Crippen molar-refractivity contribution in [3.63, 3.8) is 0 Å². The smallest absolute Gasteiger partial charge is 0.195 e. The molecule has 1 fully saturated rings. The fourth-order valence-electron chi connectivity index (χ4n) is 3.72. The first-order valence-electron chi connectivity index (χ1n) is 9.80. The Bertz CT molecular complexity index is 718. The second-order valence-corrected chi connectivity index (χ2v) is 8.84. The first-order valence-corrected chi connectivity index (χ1v) is 11.2. The molecule has 2 aromatic rings. The molecule has 1 aliphatic rings. The summed E-state index contributed by atoms with van der Waals surface area (Å²) in [7, 11) is 2.17. The molecule has 0 atom stereocenters. The molecular formula is C20H29ClN4OS. The summed E-state index contributed by atoms with van der Waals surface area (Å²) >= 11 is 7.85. The van der Waals surface area contributed by atoms with Gasteiger partial charge >= 0.3 is 0 Å². The molecule has 0 unspecified atom stereocenters. The third-order valence-electron chi connectivity index (χ3n) is 5.01. The number of halogens is 1. The van der Waals surface area contributed by atoms with Crippen molar-refractivity contribution in [2.45, 2.75) is 50.2 Å². The molecule has 5 nitrogen and oxygen atoms in total. The van der Waals surface area contributed by atoms with E-state index in [4.69, 9.17) is 16.7 Å². The van der Waals surface area contributed by atoms with E-state index in [1.54, 1.807) is 11.8 Å². The Morgan fingerprint density at radius 1 is 1.26 bits per heavy atom. The average molecular weight is 409 g/mol. The maximum Gasteiger partial charge on any atom is 0.195 e. The van der Waals surface area contributed by atoms with Crippen LogP contribution in [0.5, 0.6) is 0 Å². The molecule has 148 valence electrons. The van der Waals surface area contributed by atoms with Crippen LogP contribution in [0.25, 0.3) is 5.69 Å². The first kappa shape index (κ1) is 20.6. The van der Waals surface area contributed by atoms with Crippen molar-refractivity contribution in [1.29, 1.82) is 0 Å². The summed E-state index contributed by atoms with van der Waals surface area (Å²) in [5.74, 6) is 2.54. The molecule has 1 N–H and O–H groups in total. The normalized spacial score (nSPS) is 15.6. The highest BCUT2D eigenvalue weighted by Gasteiger charge is 2.19. The van der Waals surface area contributed by atoms with Gasteiger partial charge in [-0.25, -0.2) is 0 Å². The summed E-state index contributed by atoms with van der Waals surface area (Å²) in [6.07, 6.45) is 7.54. The highest BCUT2D eigenvalue weighted by Crippen LogP contribution is 2.27. The standard InChI is InChI=1S/C20H29ClN4OS/c1-24(14-16-7-3-2-4-8-16)15-19-22-23-20(27-12-6-11-26)25(19)18-10-5-9-17(21)13-18/h5,9-10,13,16,26H,2-4,6-8,11-12,14-15H2,1H3. The Morgan fingerprint density at radius 2 is 2.07 bits per heavy atom. The van der Waals surface area contributed by atoms with E-state index in [2.05, 4.69) is 26.7 Å². The van der Waals surface area contributed by atoms with Gasteiger partial charge < -0.3 is 5.11 Å². The summed E-state index contributed by atoms with van der Waals surface area (Å²) < 4.78 is 2.10. The molecule has 1 heterocycles. The van der Waals surface area contributed by atoms with Gasteiger partial charge in [-0.1, -0.05) is 48.7 Å². The number of nitrogens with zero attached hydrogens (tertiary/aromatic N) is 4. The summed E-state index contributed by atoms with van der Waals surface area (Å²) in [6, 6.07) is 7.82. The minimum Gasteiger partial charge on any atom is -0.396 e. The van der Waals surface area contributed by atoms with E-state index in [0.717, 1.165) is 47.8 Å². The van der Waals surface area contributed by atoms with Gasteiger partial charge in [0, 0.05) is 23.9 Å². The van der Waals surface area contributed by atoms with Crippen LogP contribution >= 0.6 is 23.4 Å². The van der Waals surface area contributed by atoms with Gasteiger partial charge in [-0.2, -0.15) is 0 Å². The van der Waals surface area contributed by atoms with Crippen LogP contribution < -0.4 is 0 Å². The lowest BCUT2D eigenvalue weighted by Gasteiger charge is -2.26. The highest BCUT2D eigenvalue weighted by atomic mass is 35.5. The maximum absolute atomic E-state index is 9.07. The van der Waals surface area contributed by atoms with E-state index in [-0.39, 0.29) is 6.61 Å². The average Bonchev–Trinajstić information content (AvgIpc) is 3.05. The molecule has 0 aliphatic heterocycles. The van der Waals surface area contributed by atoms with Crippen LogP contribution in [0.3, 0.4) is 0 Å². The fourth-order valence-corrected chi connectivity index (χ4v) is 4.79. The molecule has 1 aromatic heterocycles. The number of aromatic nitrogens is 3. The summed E-state index contributed by atoms with van der Waals surface area (Å²) in [6.45, 7) is 2.06. The number of aliphatic hydroxyl groups excluding tert-OH is 1. The number of hydrogen-bond donors (Lipinski definition) is 1. The monoisotopic (exact) mass is 408 g/mol. The van der Waals surface area contributed by atoms with Gasteiger partial charge in [-0.15, -0.1) is 10.2 Å². The molecule has 0 amide bonds. The largest absolute Gasteiger partial charge is 0.396 e. The van der Waals surface area contributed by atoms with Gasteiger partial charge in [0.1, 0.15) is 0 Å². The molecule has 1 aliphatic carbocycles. The number of aliphatic hydroxyl groups is 1. The number of benzene rings is 1. The van der Waals surface area contributed by atoms with E-state index in [1.165, 1.54) is 32.1 Å². The molecule has 0 spiro atoms. The van der Waals surface area contributed by atoms with Crippen molar-refractivity contribution in [3.8, 4) is 5.69 Å². The van der Waals surface area contributed by atoms with Crippen LogP contribution in [0.15, 0.2) is 29.4 Å². The molecule has 0 bridgehead atoms. The van der Waals surface area contributed by atoms with Crippen LogP contribution in [0.1, 0.15) is 44.3 Å². The second-order valence-electron chi connectivity index (χ2n) is 7.34. The van der Waals surface area contributed by atoms with Gasteiger partial charge in [0.15, 0.2) is 11.0 Å². The molecule has 7 heteroatoms. The zero-order valence-corrected chi connectivity index (χ0v) is 17.6. The van der Waals surface area contributed by atoms with Crippen LogP contribution in [0.2, 0.25) is 5.02 Å². The van der Waals surface area contributed by atoms with E-state index >= 15 is 0 Å². The predicted octanol–water partition coefficient (Wildman–Crippen LogP) is 4.41. The zero-order valence-electron chi connectivity index (χ0n) is 16.0. The lowest BCUT2D eigenvalue weighted by molar-refractivity contribution is 0.223. The minimum atomic E-state index is 0.190. The summed E-state index contributed by atoms with van der Waals surface area (Å²) in [5.41, 5.74) is 0.986. The first-order chi connectivity index (χ1) is 13.2. The Hall–Kier alpha value is -1.08. The van der Waals surface area contributed by atoms with Crippen LogP contribution in [-0.4, -0.2) is 50.7 Å². The highest BCUT2D eigenvalue weighted by molar-refractivity contribution is 7.99. The van der Waals surface area contributed by atoms with Crippen LogP contribution in [0, 0.1) is 5.92 Å². The number of thioether (sulfide) groups is 1. The van der Waals surface area contributed by atoms with Gasteiger partial charge in [-0.05, 0) is 50.4 Å². The summed E-state index contributed by atoms with van der Waals surface area (Å²) in [4.78, 5) is 2.36. The third kappa shape index (κ3) is 5.95. The van der Waals surface area contributed by atoms with Crippen molar-refractivity contribution < 1.29 is 5.11 Å². The van der Waals surface area contributed by atoms with Crippen molar-refractivity contribution in [3.05, 3.63) is 35.1 Å². The lowest BCUT2D eigenvalue weighted by atomic mass is 9.89. The Labute approximate surface area is 171 Å². The molecule has 1 aromatic carbocycles. The van der Waals surface area contributed by atoms with Crippen molar-refractivity contribution in [2.75, 3.05) is 26.0 Å². The van der Waals surface area contributed by atoms with E-state index in [0.29, 0.717) is 5.02 Å². The zero-order chi connectivity index (χ0) is 19.1. The molecular weight excluding hydrogens is 380 g/mol. The Balaban J connectivity index is 1.76. The van der Waals surface area contributed by atoms with E-state index in [1.807, 2.05) is 24.3 Å². The third-order valence-corrected chi connectivity index (χ3v) is 6.26. The predicted molar refractivity (Wildman–Crippen MR) is 112 cm³/mol. The molecule has 3 rings (SSSR count). The second kappa shape index (κ2) is 10.5. The van der Waals surface area contributed by atoms with Crippen molar-refractivity contribution in [2.24, 2.45) is 5.92 Å². The van der Waals surface area contributed by atoms with E-state index in [9.17, 15) is 0 Å². The van der Waals surface area contributed by atoms with Gasteiger partial charge in [-0.3, -0.25) is 9.47 Å². The lowest BCUT2D eigenvalue weighted by Crippen LogP contribution is -2.28. The molecule has 0 radical (unpaired) electrons. The minimum absolute atomic E-state index is 0.190. The van der Waals surface area contributed by atoms with Gasteiger partial charge in [0.05, 0.1) is 12.2 Å². The van der Waals surface area contributed by atoms with E-state index < -0.39 is 0 Å². The number of rotatable bonds is 9. The number of hydrogen-bond acceptors (Lipinski definition) is 5. The van der Waals surface area contributed by atoms with Crippen molar-refractivity contribution in [1.82, 2.24) is 19.7 Å². The fraction of sp³-hybridized carbons (Fsp3) is 0.600. The quantitative estimate of drug-likeness (QED) is 0.492. The Morgan fingerprint density at radius 3 is 2.81 bits per heavy atom. The molecule has 0 saturated heterocycles. The van der Waals surface area contributed by atoms with Crippen molar-refractivity contribution >= 4 is 23.4 Å². The van der Waals surface area contributed by atoms with Crippen LogP contribution in [0.4, 0.5) is 0 Å². The van der Waals surface area contributed by atoms with Gasteiger partial charge in [0.2, 0.25) is 0 Å².